The fraction of sp³-hybridized carbons (Fsp3) is 1.00. The highest BCUT2D eigenvalue weighted by atomic mass is 19.4. The number of rotatable bonds is 1. The third-order valence-electron chi connectivity index (χ3n) is 4.70. The van der Waals surface area contributed by atoms with E-state index in [-0.39, 0.29) is 5.92 Å². The highest BCUT2D eigenvalue weighted by molar-refractivity contribution is 4.95. The average Bonchev–Trinajstić information content (AvgIpc) is 2.30. The molecule has 2 rings (SSSR count). The van der Waals surface area contributed by atoms with Crippen molar-refractivity contribution in [1.82, 2.24) is 0 Å². The first-order chi connectivity index (χ1) is 7.56. The largest absolute Gasteiger partial charge is 0.394 e. The topological polar surface area (TPSA) is 0 Å². The molecule has 0 aromatic heterocycles. The second kappa shape index (κ2) is 4.58. The molecule has 0 radical (unpaired) electrons. The molecule has 16 heavy (non-hydrogen) atoms. The summed E-state index contributed by atoms with van der Waals surface area (Å²) in [5.74, 6) is -0.0819. The smallest absolute Gasteiger partial charge is 0.170 e. The molecule has 0 amide bonds. The van der Waals surface area contributed by atoms with E-state index in [0.717, 1.165) is 51.4 Å². The van der Waals surface area contributed by atoms with Gasteiger partial charge >= 0.3 is 6.18 Å². The zero-order valence-corrected chi connectivity index (χ0v) is 9.78. The molecule has 0 heterocycles. The van der Waals surface area contributed by atoms with Gasteiger partial charge in [0.15, 0.2) is 0 Å². The van der Waals surface area contributed by atoms with Gasteiger partial charge in [0.25, 0.3) is 0 Å². The van der Waals surface area contributed by atoms with Crippen LogP contribution in [-0.4, -0.2) is 6.18 Å². The Morgan fingerprint density at radius 1 is 0.750 bits per heavy atom. The number of hydrogen-bond donors (Lipinski definition) is 0. The molecule has 3 heteroatoms. The van der Waals surface area contributed by atoms with E-state index in [1.54, 1.807) is 0 Å². The van der Waals surface area contributed by atoms with Crippen molar-refractivity contribution in [3.8, 4) is 0 Å². The highest BCUT2D eigenvalue weighted by Gasteiger charge is 2.58. The molecular formula is C13H21F3. The van der Waals surface area contributed by atoms with Crippen LogP contribution in [0.1, 0.15) is 64.2 Å². The minimum Gasteiger partial charge on any atom is -0.170 e. The molecule has 0 unspecified atom stereocenters. The fourth-order valence-corrected chi connectivity index (χ4v) is 3.76. The summed E-state index contributed by atoms with van der Waals surface area (Å²) in [5.41, 5.74) is -1.31. The second-order valence-corrected chi connectivity index (χ2v) is 5.55. The predicted molar refractivity (Wildman–Crippen MR) is 58.1 cm³/mol. The molecule has 0 nitrogen and oxygen atoms in total. The van der Waals surface area contributed by atoms with E-state index in [1.165, 1.54) is 0 Å². The van der Waals surface area contributed by atoms with Crippen LogP contribution < -0.4 is 0 Å². The summed E-state index contributed by atoms with van der Waals surface area (Å²) in [5, 5.41) is 0. The highest BCUT2D eigenvalue weighted by Crippen LogP contribution is 2.57. The van der Waals surface area contributed by atoms with Crippen molar-refractivity contribution in [2.45, 2.75) is 70.4 Å². The molecule has 0 aliphatic heterocycles. The summed E-state index contributed by atoms with van der Waals surface area (Å²) in [7, 11) is 0. The zero-order valence-electron chi connectivity index (χ0n) is 9.78. The first-order valence-corrected chi connectivity index (χ1v) is 6.63. The summed E-state index contributed by atoms with van der Waals surface area (Å²) < 4.78 is 40.1. The summed E-state index contributed by atoms with van der Waals surface area (Å²) in [4.78, 5) is 0. The lowest BCUT2D eigenvalue weighted by Crippen LogP contribution is -2.46. The Balaban J connectivity index is 2.18. The molecular weight excluding hydrogens is 213 g/mol. The van der Waals surface area contributed by atoms with Crippen LogP contribution in [-0.2, 0) is 0 Å². The van der Waals surface area contributed by atoms with Gasteiger partial charge in [0.1, 0.15) is 0 Å². The van der Waals surface area contributed by atoms with Gasteiger partial charge in [0, 0.05) is 0 Å². The maximum Gasteiger partial charge on any atom is 0.394 e. The van der Waals surface area contributed by atoms with Crippen LogP contribution in [0.4, 0.5) is 13.2 Å². The second-order valence-electron chi connectivity index (χ2n) is 5.55. The van der Waals surface area contributed by atoms with Gasteiger partial charge in [0.05, 0.1) is 5.41 Å². The summed E-state index contributed by atoms with van der Waals surface area (Å²) in [6.07, 6.45) is 4.09. The van der Waals surface area contributed by atoms with Crippen LogP contribution in [0, 0.1) is 11.3 Å². The maximum atomic E-state index is 13.4. The minimum absolute atomic E-state index is 0.0819. The molecule has 2 saturated carbocycles. The van der Waals surface area contributed by atoms with Crippen LogP contribution in [0.5, 0.6) is 0 Å². The van der Waals surface area contributed by atoms with Gasteiger partial charge in [-0.15, -0.1) is 0 Å². The SMILES string of the molecule is FC(F)(F)C1(C2CCCCC2)CCCCC1. The van der Waals surface area contributed by atoms with Crippen molar-refractivity contribution < 1.29 is 13.2 Å². The van der Waals surface area contributed by atoms with Gasteiger partial charge in [-0.2, -0.15) is 13.2 Å². The van der Waals surface area contributed by atoms with Gasteiger partial charge < -0.3 is 0 Å². The molecule has 0 aromatic rings. The van der Waals surface area contributed by atoms with E-state index in [0.29, 0.717) is 12.8 Å². The van der Waals surface area contributed by atoms with Crippen LogP contribution in [0.25, 0.3) is 0 Å². The average molecular weight is 234 g/mol. The van der Waals surface area contributed by atoms with Crippen molar-refractivity contribution in [1.29, 1.82) is 0 Å². The standard InChI is InChI=1S/C13H21F3/c14-13(15,16)12(9-5-2-6-10-12)11-7-3-1-4-8-11/h11H,1-10H2. The molecule has 0 atom stereocenters. The first-order valence-electron chi connectivity index (χ1n) is 6.63. The maximum absolute atomic E-state index is 13.4. The Morgan fingerprint density at radius 2 is 1.25 bits per heavy atom. The molecule has 2 aliphatic carbocycles. The molecule has 2 fully saturated rings. The van der Waals surface area contributed by atoms with E-state index >= 15 is 0 Å². The van der Waals surface area contributed by atoms with Crippen LogP contribution >= 0.6 is 0 Å². The predicted octanol–water partition coefficient (Wildman–Crippen LogP) is 5.08. The monoisotopic (exact) mass is 234 g/mol. The Kier molecular flexibility index (Phi) is 3.50. The molecule has 0 aromatic carbocycles. The third kappa shape index (κ3) is 2.10. The lowest BCUT2D eigenvalue weighted by molar-refractivity contribution is -0.257. The van der Waals surface area contributed by atoms with Crippen molar-refractivity contribution in [3.63, 3.8) is 0 Å². The third-order valence-corrected chi connectivity index (χ3v) is 4.70. The van der Waals surface area contributed by atoms with Crippen molar-refractivity contribution in [2.24, 2.45) is 11.3 Å². The molecule has 2 aliphatic rings. The van der Waals surface area contributed by atoms with E-state index in [9.17, 15) is 13.2 Å². The fourth-order valence-electron chi connectivity index (χ4n) is 3.76. The Bertz CT molecular complexity index is 220. The van der Waals surface area contributed by atoms with Crippen LogP contribution in [0.2, 0.25) is 0 Å². The molecule has 0 saturated heterocycles. The van der Waals surface area contributed by atoms with Crippen LogP contribution in [0.3, 0.4) is 0 Å². The van der Waals surface area contributed by atoms with Crippen LogP contribution in [0.15, 0.2) is 0 Å². The normalized spacial score (nSPS) is 27.9. The summed E-state index contributed by atoms with van der Waals surface area (Å²) in [6, 6.07) is 0. The Labute approximate surface area is 95.6 Å². The van der Waals surface area contributed by atoms with Crippen molar-refractivity contribution in [2.75, 3.05) is 0 Å². The van der Waals surface area contributed by atoms with Crippen molar-refractivity contribution in [3.05, 3.63) is 0 Å². The molecule has 0 bridgehead atoms. The summed E-state index contributed by atoms with van der Waals surface area (Å²) in [6.45, 7) is 0. The minimum atomic E-state index is -3.98. The number of alkyl halides is 3. The number of halogens is 3. The van der Waals surface area contributed by atoms with Gasteiger partial charge in [-0.1, -0.05) is 38.5 Å². The lowest BCUT2D eigenvalue weighted by atomic mass is 9.61. The van der Waals surface area contributed by atoms with Gasteiger partial charge in [-0.05, 0) is 31.6 Å². The number of hydrogen-bond acceptors (Lipinski definition) is 0. The van der Waals surface area contributed by atoms with Gasteiger partial charge in [-0.25, -0.2) is 0 Å². The lowest BCUT2D eigenvalue weighted by Gasteiger charge is -2.46. The first kappa shape index (κ1) is 12.3. The van der Waals surface area contributed by atoms with Gasteiger partial charge in [0.2, 0.25) is 0 Å². The zero-order chi connectivity index (χ0) is 11.6. The van der Waals surface area contributed by atoms with E-state index in [1.807, 2.05) is 0 Å². The molecule has 0 N–H and O–H groups in total. The quantitative estimate of drug-likeness (QED) is 0.593. The Hall–Kier alpha value is -0.210. The molecule has 0 spiro atoms. The van der Waals surface area contributed by atoms with Crippen molar-refractivity contribution >= 4 is 0 Å². The summed E-state index contributed by atoms with van der Waals surface area (Å²) >= 11 is 0. The van der Waals surface area contributed by atoms with E-state index < -0.39 is 11.6 Å². The Morgan fingerprint density at radius 3 is 1.75 bits per heavy atom. The van der Waals surface area contributed by atoms with Gasteiger partial charge in [-0.3, -0.25) is 0 Å². The molecule has 94 valence electrons. The van der Waals surface area contributed by atoms with E-state index in [2.05, 4.69) is 0 Å². The van der Waals surface area contributed by atoms with E-state index in [4.69, 9.17) is 0 Å².